The molecule has 59 valence electrons. The van der Waals surface area contributed by atoms with Gasteiger partial charge in [-0.1, -0.05) is 7.05 Å². The molecule has 0 fully saturated rings. The Bertz CT molecular complexity index is 68.6. The molecule has 0 spiro atoms. The molecule has 7 heteroatoms. The fourth-order valence-electron chi connectivity index (χ4n) is 0. The van der Waals surface area contributed by atoms with Gasteiger partial charge < -0.3 is 21.9 Å². The van der Waals surface area contributed by atoms with Crippen LogP contribution in [0, 0.1) is 5.41 Å². The summed E-state index contributed by atoms with van der Waals surface area (Å²) in [6.45, 7) is 0. The van der Waals surface area contributed by atoms with Gasteiger partial charge in [-0.05, 0) is 0 Å². The largest absolute Gasteiger partial charge is 1.00 e. The molecule has 0 saturated carbocycles. The summed E-state index contributed by atoms with van der Waals surface area (Å²) in [4.78, 5) is 3.28. The SMILES string of the molecule is CN=C[NH-].N=CN.O.[2HH].[B].[HH].[HH].[K+]. The molecule has 0 bridgehead atoms. The number of nitrogens with zero attached hydrogens (tertiary/aromatic N) is 1. The summed E-state index contributed by atoms with van der Waals surface area (Å²) in [5.74, 6) is 0. The number of hydrogen-bond acceptors (Lipinski definition) is 2. The van der Waals surface area contributed by atoms with E-state index in [-0.39, 0.29) is 69.6 Å². The first-order valence-electron chi connectivity index (χ1n) is 1.62. The van der Waals surface area contributed by atoms with Crippen LogP contribution in [0.5, 0.6) is 0 Å². The topological polar surface area (TPSA) is 118 Å². The quantitative estimate of drug-likeness (QED) is 0.225. The molecule has 0 aliphatic carbocycles. The average molecular weight is 176 g/mol. The van der Waals surface area contributed by atoms with Gasteiger partial charge in [-0.3, -0.25) is 5.41 Å². The summed E-state index contributed by atoms with van der Waals surface area (Å²) >= 11 is 0. The molecule has 10 heavy (non-hydrogen) atoms. The van der Waals surface area contributed by atoms with Crippen molar-refractivity contribution in [1.82, 2.24) is 0 Å². The van der Waals surface area contributed by atoms with Crippen LogP contribution in [-0.4, -0.2) is 33.6 Å². The van der Waals surface area contributed by atoms with Crippen molar-refractivity contribution < 1.29 is 61.1 Å². The van der Waals surface area contributed by atoms with Crippen LogP contribution < -0.4 is 57.1 Å². The fourth-order valence-corrected chi connectivity index (χ4v) is 0. The predicted octanol–water partition coefficient (Wildman–Crippen LogP) is -3.21. The van der Waals surface area contributed by atoms with Gasteiger partial charge in [-0.2, -0.15) is 0 Å². The molecule has 0 aliphatic heterocycles. The van der Waals surface area contributed by atoms with Crippen LogP contribution in [0.2, 0.25) is 0 Å². The van der Waals surface area contributed by atoms with E-state index in [0.717, 1.165) is 12.7 Å². The molecule has 0 aromatic heterocycles. The first-order chi connectivity index (χ1) is 3.33. The Kier molecular flexibility index (Phi) is 171. The molecular formula is C3H17BKN4O. The zero-order chi connectivity index (χ0) is 6.12. The molecule has 0 rings (SSSR count). The molecule has 0 aromatic carbocycles. The Labute approximate surface area is 110 Å². The zero-order valence-electron chi connectivity index (χ0n) is 6.26. The third kappa shape index (κ3) is 194. The predicted molar refractivity (Wildman–Crippen MR) is 47.4 cm³/mol. The molecule has 5 nitrogen and oxygen atoms in total. The molecule has 0 heterocycles. The van der Waals surface area contributed by atoms with Crippen LogP contribution in [0.15, 0.2) is 4.99 Å². The molecule has 0 aliphatic rings. The van der Waals surface area contributed by atoms with Gasteiger partial charge in [0.05, 0.1) is 6.34 Å². The van der Waals surface area contributed by atoms with Gasteiger partial charge in [0.1, 0.15) is 0 Å². The number of aliphatic imine (C=N–C) groups is 1. The van der Waals surface area contributed by atoms with Crippen molar-refractivity contribution in [3.8, 4) is 0 Å². The maximum Gasteiger partial charge on any atom is 1.00 e. The van der Waals surface area contributed by atoms with E-state index in [2.05, 4.69) is 10.7 Å². The van der Waals surface area contributed by atoms with Gasteiger partial charge in [-0.25, -0.2) is 0 Å². The van der Waals surface area contributed by atoms with Crippen molar-refractivity contribution in [1.29, 1.82) is 5.41 Å². The molecular weight excluding hydrogens is 158 g/mol. The first-order valence-corrected chi connectivity index (χ1v) is 1.62. The number of rotatable bonds is 0. The maximum absolute atomic E-state index is 6.16. The van der Waals surface area contributed by atoms with Gasteiger partial charge >= 0.3 is 51.4 Å². The fraction of sp³-hybridized carbons (Fsp3) is 0.333. The van der Waals surface area contributed by atoms with E-state index in [4.69, 9.17) is 11.1 Å². The van der Waals surface area contributed by atoms with Crippen LogP contribution in [0.1, 0.15) is 4.28 Å². The normalized spacial score (nSPS) is 4.90. The van der Waals surface area contributed by atoms with Gasteiger partial charge in [0, 0.05) is 12.7 Å². The Hall–Kier alpha value is 0.601. The van der Waals surface area contributed by atoms with Crippen LogP contribution >= 0.6 is 0 Å². The number of nitrogens with one attached hydrogen (secondary N) is 2. The Morgan fingerprint density at radius 3 is 1.90 bits per heavy atom. The third-order valence-corrected chi connectivity index (χ3v) is 0.129. The average Bonchev–Trinajstić information content (AvgIpc) is 1.69. The summed E-state index contributed by atoms with van der Waals surface area (Å²) in [6.07, 6.45) is 1.75. The smallest absolute Gasteiger partial charge is 0.489 e. The number of nitrogens with two attached hydrogens (primary N) is 1. The Morgan fingerprint density at radius 2 is 1.90 bits per heavy atom. The van der Waals surface area contributed by atoms with Crippen molar-refractivity contribution in [2.24, 2.45) is 10.7 Å². The van der Waals surface area contributed by atoms with Gasteiger partial charge in [0.2, 0.25) is 0 Å². The minimum absolute atomic E-state index is 0. The van der Waals surface area contributed by atoms with Crippen LogP contribution in [0.3, 0.4) is 0 Å². The van der Waals surface area contributed by atoms with Crippen molar-refractivity contribution in [2.75, 3.05) is 7.05 Å². The van der Waals surface area contributed by atoms with E-state index >= 15 is 0 Å². The van der Waals surface area contributed by atoms with Gasteiger partial charge in [-0.15, -0.1) is 6.34 Å². The van der Waals surface area contributed by atoms with Gasteiger partial charge in [0.25, 0.3) is 0 Å². The van der Waals surface area contributed by atoms with E-state index in [0.29, 0.717) is 0 Å². The summed E-state index contributed by atoms with van der Waals surface area (Å²) in [5.41, 5.74) is 10.5. The molecule has 0 amide bonds. The second-order valence-electron chi connectivity index (χ2n) is 0.554. The summed E-state index contributed by atoms with van der Waals surface area (Å²) < 4.78 is 0. The minimum Gasteiger partial charge on any atom is -0.489 e. The second-order valence-corrected chi connectivity index (χ2v) is 0.554. The summed E-state index contributed by atoms with van der Waals surface area (Å²) in [6, 6.07) is 0. The third-order valence-electron chi connectivity index (χ3n) is 0.129. The summed E-state index contributed by atoms with van der Waals surface area (Å²) in [7, 11) is 1.56. The Morgan fingerprint density at radius 1 is 1.80 bits per heavy atom. The summed E-state index contributed by atoms with van der Waals surface area (Å²) in [5, 5.41) is 5.86. The van der Waals surface area contributed by atoms with Crippen molar-refractivity contribution in [3.63, 3.8) is 0 Å². The number of hydrogen-bond donors (Lipinski definition) is 2. The Balaban J connectivity index is -0.00000000444. The van der Waals surface area contributed by atoms with E-state index in [1.807, 2.05) is 0 Å². The van der Waals surface area contributed by atoms with E-state index < -0.39 is 0 Å². The minimum atomic E-state index is 0. The van der Waals surface area contributed by atoms with Crippen molar-refractivity contribution in [2.45, 2.75) is 0 Å². The van der Waals surface area contributed by atoms with Gasteiger partial charge in [0.15, 0.2) is 0 Å². The molecule has 0 saturated heterocycles. The molecule has 6 N–H and O–H groups in total. The first kappa shape index (κ1) is 31.1. The van der Waals surface area contributed by atoms with Crippen LogP contribution in [0.25, 0.3) is 5.73 Å². The van der Waals surface area contributed by atoms with Crippen LogP contribution in [0.4, 0.5) is 0 Å². The standard InChI is InChI=1S/C2H5N2.CH4N2.B.K.H2O.3H2/c1-4-2-3;2-1-3;;;;;;/h2H,1H3,(H-,3,4);1H,(H3,2,3);;;1H2;3*1H/q-1;;;+1;;;;/i;;;;;1+1;;. The van der Waals surface area contributed by atoms with E-state index in [1.165, 1.54) is 0 Å². The van der Waals surface area contributed by atoms with Crippen LogP contribution in [-0.2, 0) is 0 Å². The monoisotopic (exact) mass is 176 g/mol. The van der Waals surface area contributed by atoms with Crippen molar-refractivity contribution in [3.05, 3.63) is 5.73 Å². The maximum atomic E-state index is 6.16. The van der Waals surface area contributed by atoms with E-state index in [9.17, 15) is 0 Å². The van der Waals surface area contributed by atoms with E-state index in [1.54, 1.807) is 7.05 Å². The zero-order valence-corrected chi connectivity index (χ0v) is 9.38. The van der Waals surface area contributed by atoms with Crippen molar-refractivity contribution >= 4 is 21.1 Å². The second kappa shape index (κ2) is 54.8. The molecule has 0 atom stereocenters. The molecule has 3 radical (unpaired) electrons. The molecule has 0 aromatic rings. The molecule has 0 unspecified atom stereocenters.